The Morgan fingerprint density at radius 1 is 0.850 bits per heavy atom. The molecule has 3 rings (SSSR count). The number of esters is 1. The van der Waals surface area contributed by atoms with Crippen LogP contribution in [0.1, 0.15) is 60.9 Å². The maximum Gasteiger partial charge on any atom is 0.343 e. The Morgan fingerprint density at radius 2 is 1.48 bits per heavy atom. The Bertz CT molecular complexity index is 1400. The Balaban J connectivity index is 1.69. The third-order valence-corrected chi connectivity index (χ3v) is 5.64. The van der Waals surface area contributed by atoms with Crippen molar-refractivity contribution >= 4 is 41.3 Å². The minimum atomic E-state index is -0.622. The first-order chi connectivity index (χ1) is 19.0. The molecule has 0 fully saturated rings. The maximum absolute atomic E-state index is 12.9. The topological polar surface area (TPSA) is 115 Å². The Hall–Kier alpha value is -4.37. The van der Waals surface area contributed by atoms with E-state index < -0.39 is 17.3 Å². The van der Waals surface area contributed by atoms with Crippen molar-refractivity contribution in [3.63, 3.8) is 0 Å². The molecule has 2 amide bonds. The molecule has 0 saturated heterocycles. The predicted molar refractivity (Wildman–Crippen MR) is 155 cm³/mol. The molecule has 10 heteroatoms. The molecule has 0 aliphatic heterocycles. The molecule has 0 spiro atoms. The van der Waals surface area contributed by atoms with E-state index in [1.807, 2.05) is 34.6 Å². The predicted octanol–water partition coefficient (Wildman–Crippen LogP) is 6.11. The van der Waals surface area contributed by atoms with Crippen molar-refractivity contribution in [3.05, 3.63) is 82.4 Å². The molecule has 3 aromatic carbocycles. The van der Waals surface area contributed by atoms with E-state index in [4.69, 9.17) is 25.8 Å². The Kier molecular flexibility index (Phi) is 10.3. The highest BCUT2D eigenvalue weighted by molar-refractivity contribution is 6.31. The van der Waals surface area contributed by atoms with Crippen LogP contribution in [0.15, 0.2) is 65.8 Å². The average Bonchev–Trinajstić information content (AvgIpc) is 2.91. The van der Waals surface area contributed by atoms with Crippen LogP contribution in [0, 0.1) is 5.41 Å². The number of ether oxygens (including phenoxy) is 3. The van der Waals surface area contributed by atoms with Crippen LogP contribution in [0.3, 0.4) is 0 Å². The molecule has 0 atom stereocenters. The van der Waals surface area contributed by atoms with Crippen LogP contribution in [0.4, 0.5) is 5.69 Å². The Morgan fingerprint density at radius 3 is 2.12 bits per heavy atom. The van der Waals surface area contributed by atoms with Crippen molar-refractivity contribution < 1.29 is 28.6 Å². The number of hydrazone groups is 1. The van der Waals surface area contributed by atoms with Gasteiger partial charge in [0.2, 0.25) is 5.91 Å². The molecule has 3 aromatic rings. The number of anilines is 1. The van der Waals surface area contributed by atoms with Gasteiger partial charge in [-0.1, -0.05) is 32.4 Å². The normalized spacial score (nSPS) is 11.2. The highest BCUT2D eigenvalue weighted by Gasteiger charge is 2.21. The summed E-state index contributed by atoms with van der Waals surface area (Å²) < 4.78 is 16.7. The monoisotopic (exact) mass is 565 g/mol. The summed E-state index contributed by atoms with van der Waals surface area (Å²) in [5.74, 6) is -0.0703. The molecule has 0 aromatic heterocycles. The van der Waals surface area contributed by atoms with Crippen molar-refractivity contribution in [2.75, 3.05) is 18.5 Å². The SMILES string of the molecule is CCOc1ccc(C(=O)Oc2ccc(Cl)cc2/C=N/NC(=O)c2ccc(NC(=O)C(C)(C)C)cc2)cc1OCC. The summed E-state index contributed by atoms with van der Waals surface area (Å²) in [5, 5.41) is 7.18. The fraction of sp³-hybridized carbons (Fsp3) is 0.267. The molecule has 2 N–H and O–H groups in total. The first-order valence-corrected chi connectivity index (χ1v) is 13.1. The number of carbonyl (C=O) groups excluding carboxylic acids is 3. The van der Waals surface area contributed by atoms with Gasteiger partial charge in [0.15, 0.2) is 11.5 Å². The van der Waals surface area contributed by atoms with Crippen molar-refractivity contribution in [1.82, 2.24) is 5.43 Å². The second-order valence-corrected chi connectivity index (χ2v) is 10.0. The van der Waals surface area contributed by atoms with Gasteiger partial charge in [-0.05, 0) is 74.5 Å². The van der Waals surface area contributed by atoms with Gasteiger partial charge in [-0.15, -0.1) is 0 Å². The van der Waals surface area contributed by atoms with Crippen LogP contribution in [-0.4, -0.2) is 37.2 Å². The number of halogens is 1. The molecule has 0 radical (unpaired) electrons. The maximum atomic E-state index is 12.9. The third kappa shape index (κ3) is 8.31. The molecule has 0 aliphatic rings. The summed E-state index contributed by atoms with van der Waals surface area (Å²) in [6.45, 7) is 9.98. The number of hydrogen-bond acceptors (Lipinski definition) is 7. The molecule has 40 heavy (non-hydrogen) atoms. The van der Waals surface area contributed by atoms with Crippen molar-refractivity contribution in [3.8, 4) is 17.2 Å². The van der Waals surface area contributed by atoms with Gasteiger partial charge in [0, 0.05) is 27.3 Å². The van der Waals surface area contributed by atoms with Gasteiger partial charge in [-0.3, -0.25) is 9.59 Å². The quantitative estimate of drug-likeness (QED) is 0.133. The van der Waals surface area contributed by atoms with Crippen LogP contribution >= 0.6 is 11.6 Å². The fourth-order valence-corrected chi connectivity index (χ4v) is 3.48. The molecule has 0 bridgehead atoms. The summed E-state index contributed by atoms with van der Waals surface area (Å²) in [5.41, 5.74) is 3.44. The van der Waals surface area contributed by atoms with Gasteiger partial charge in [0.25, 0.3) is 5.91 Å². The zero-order valence-corrected chi connectivity index (χ0v) is 23.8. The minimum Gasteiger partial charge on any atom is -0.490 e. The summed E-state index contributed by atoms with van der Waals surface area (Å²) in [6, 6.07) is 15.9. The summed E-state index contributed by atoms with van der Waals surface area (Å²) in [4.78, 5) is 37.6. The molecular weight excluding hydrogens is 534 g/mol. The second-order valence-electron chi connectivity index (χ2n) is 9.58. The van der Waals surface area contributed by atoms with Crippen molar-refractivity contribution in [1.29, 1.82) is 0 Å². The first-order valence-electron chi connectivity index (χ1n) is 12.7. The van der Waals surface area contributed by atoms with E-state index in [-0.39, 0.29) is 17.2 Å². The molecule has 210 valence electrons. The smallest absolute Gasteiger partial charge is 0.343 e. The largest absolute Gasteiger partial charge is 0.490 e. The van der Waals surface area contributed by atoms with Crippen LogP contribution < -0.4 is 25.0 Å². The zero-order valence-electron chi connectivity index (χ0n) is 23.0. The molecular formula is C30H32ClN3O6. The van der Waals surface area contributed by atoms with Crippen molar-refractivity contribution in [2.45, 2.75) is 34.6 Å². The van der Waals surface area contributed by atoms with Gasteiger partial charge in [-0.2, -0.15) is 5.10 Å². The lowest BCUT2D eigenvalue weighted by molar-refractivity contribution is -0.123. The molecule has 0 aliphatic carbocycles. The van der Waals surface area contributed by atoms with E-state index in [1.165, 1.54) is 12.3 Å². The number of nitrogens with zero attached hydrogens (tertiary/aromatic N) is 1. The van der Waals surface area contributed by atoms with Gasteiger partial charge >= 0.3 is 5.97 Å². The van der Waals surface area contributed by atoms with Gasteiger partial charge in [0.05, 0.1) is 25.0 Å². The van der Waals surface area contributed by atoms with E-state index in [0.29, 0.717) is 46.5 Å². The van der Waals surface area contributed by atoms with Crippen LogP contribution in [-0.2, 0) is 4.79 Å². The molecule has 0 saturated carbocycles. The lowest BCUT2D eigenvalue weighted by Gasteiger charge is -2.17. The van der Waals surface area contributed by atoms with E-state index in [1.54, 1.807) is 54.6 Å². The average molecular weight is 566 g/mol. The van der Waals surface area contributed by atoms with Gasteiger partial charge < -0.3 is 19.5 Å². The van der Waals surface area contributed by atoms with Crippen LogP contribution in [0.2, 0.25) is 5.02 Å². The first kappa shape index (κ1) is 30.2. The van der Waals surface area contributed by atoms with E-state index >= 15 is 0 Å². The third-order valence-electron chi connectivity index (χ3n) is 5.41. The van der Waals surface area contributed by atoms with E-state index in [9.17, 15) is 14.4 Å². The van der Waals surface area contributed by atoms with Crippen molar-refractivity contribution in [2.24, 2.45) is 10.5 Å². The number of benzene rings is 3. The van der Waals surface area contributed by atoms with E-state index in [2.05, 4.69) is 15.8 Å². The standard InChI is InChI=1S/C30H32ClN3O6/c1-6-38-25-14-10-20(17-26(25)39-7-2)28(36)40-24-15-11-22(31)16-21(24)18-32-34-27(35)19-8-12-23(13-9-19)33-29(37)30(3,4)5/h8-18H,6-7H2,1-5H3,(H,33,37)(H,34,35)/b32-18+. The van der Waals surface area contributed by atoms with Gasteiger partial charge in [0.1, 0.15) is 5.75 Å². The zero-order chi connectivity index (χ0) is 29.3. The molecule has 0 unspecified atom stereocenters. The number of nitrogens with one attached hydrogen (secondary N) is 2. The minimum absolute atomic E-state index is 0.135. The number of hydrogen-bond donors (Lipinski definition) is 2. The highest BCUT2D eigenvalue weighted by atomic mass is 35.5. The molecule has 0 heterocycles. The lowest BCUT2D eigenvalue weighted by Crippen LogP contribution is -2.27. The lowest BCUT2D eigenvalue weighted by atomic mass is 9.95. The summed E-state index contributed by atoms with van der Waals surface area (Å²) >= 11 is 6.14. The number of amides is 2. The second kappa shape index (κ2) is 13.6. The van der Waals surface area contributed by atoms with Crippen LogP contribution in [0.25, 0.3) is 0 Å². The van der Waals surface area contributed by atoms with Crippen LogP contribution in [0.5, 0.6) is 17.2 Å². The summed E-state index contributed by atoms with van der Waals surface area (Å²) in [6.07, 6.45) is 1.33. The highest BCUT2D eigenvalue weighted by Crippen LogP contribution is 2.30. The number of carbonyl (C=O) groups is 3. The van der Waals surface area contributed by atoms with E-state index in [0.717, 1.165) is 0 Å². The number of rotatable bonds is 10. The molecule has 9 nitrogen and oxygen atoms in total. The summed E-state index contributed by atoms with van der Waals surface area (Å²) in [7, 11) is 0. The van der Waals surface area contributed by atoms with Gasteiger partial charge in [-0.25, -0.2) is 10.2 Å². The Labute approximate surface area is 238 Å². The fourth-order valence-electron chi connectivity index (χ4n) is 3.30.